The highest BCUT2D eigenvalue weighted by molar-refractivity contribution is 6.05. The number of nitrogens with zero attached hydrogens (tertiary/aromatic N) is 2. The molecule has 2 aliphatic carbocycles. The van der Waals surface area contributed by atoms with Crippen molar-refractivity contribution in [3.8, 4) is 0 Å². The largest absolute Gasteiger partial charge is 0.461 e. The number of H-pyrrole nitrogens is 2. The number of carbonyl (C=O) groups excluding carboxylic acids is 2. The maximum atomic E-state index is 13.2. The van der Waals surface area contributed by atoms with Crippen LogP contribution < -0.4 is 0 Å². The third kappa shape index (κ3) is 6.58. The average molecular weight is 667 g/mol. The van der Waals surface area contributed by atoms with Gasteiger partial charge in [0.25, 0.3) is 0 Å². The molecule has 4 aromatic heterocycles. The first-order valence-electron chi connectivity index (χ1n) is 17.4. The maximum absolute atomic E-state index is 13.2. The molecule has 0 radical (unpaired) electrons. The molecule has 8 heteroatoms. The molecule has 0 bridgehead atoms. The van der Waals surface area contributed by atoms with Gasteiger partial charge in [-0.05, 0) is 74.9 Å². The van der Waals surface area contributed by atoms with Crippen molar-refractivity contribution in [3.05, 3.63) is 143 Å². The number of carbonyl (C=O) groups is 2. The predicted molar refractivity (Wildman–Crippen MR) is 196 cm³/mol. The Bertz CT molecular complexity index is 1990. The number of allylic oxidation sites excluding steroid dienone is 8. The zero-order chi connectivity index (χ0) is 34.6. The number of hydrogen-bond donors (Lipinski definition) is 2. The van der Waals surface area contributed by atoms with Crippen LogP contribution in [0.5, 0.6) is 0 Å². The Morgan fingerprint density at radius 2 is 1.10 bits per heavy atom. The van der Waals surface area contributed by atoms with E-state index in [1.807, 2.05) is 48.8 Å². The van der Waals surface area contributed by atoms with E-state index >= 15 is 0 Å². The van der Waals surface area contributed by atoms with Gasteiger partial charge in [-0.3, -0.25) is 0 Å². The summed E-state index contributed by atoms with van der Waals surface area (Å²) in [5.74, 6) is -0.975. The zero-order valence-corrected chi connectivity index (χ0v) is 28.6. The summed E-state index contributed by atoms with van der Waals surface area (Å²) >= 11 is 0. The van der Waals surface area contributed by atoms with Gasteiger partial charge < -0.3 is 19.4 Å². The molecule has 0 saturated carbocycles. The number of aromatic amines is 2. The highest BCUT2D eigenvalue weighted by Gasteiger charge is 2.33. The van der Waals surface area contributed by atoms with Crippen molar-refractivity contribution in [3.63, 3.8) is 0 Å². The normalized spacial score (nSPS) is 16.3. The van der Waals surface area contributed by atoms with Crippen LogP contribution in [-0.4, -0.2) is 45.1 Å². The van der Waals surface area contributed by atoms with E-state index in [1.165, 1.54) is 11.1 Å². The minimum Gasteiger partial charge on any atom is -0.461 e. The molecule has 0 fully saturated rings. The standard InChI is InChI=1S/C42H42N4O4/c1-41(31-11-3-4-12-31,35-15-7-25-43-35)23-9-27-49-39(47)33-21-19-29-17-18-30-20-22-34(46-38(30)37(29)45-33)40(48)50-28-10-24-42(2,32-13-5-6-14-32)36-16-8-26-44-36/h3-8,11,13,15-22,25-26,43-44H,9-10,12,14,23-24,27-28H2,1-2H3. The molecule has 4 heterocycles. The van der Waals surface area contributed by atoms with Crippen molar-refractivity contribution in [2.75, 3.05) is 13.2 Å². The third-order valence-electron chi connectivity index (χ3n) is 10.4. The van der Waals surface area contributed by atoms with Gasteiger partial charge in [-0.1, -0.05) is 85.7 Å². The summed E-state index contributed by atoms with van der Waals surface area (Å²) in [6.07, 6.45) is 21.7. The molecule has 2 atom stereocenters. The minimum absolute atomic E-state index is 0.169. The van der Waals surface area contributed by atoms with Crippen LogP contribution in [0, 0.1) is 0 Å². The molecule has 254 valence electrons. The molecule has 0 amide bonds. The number of ether oxygens (including phenoxy) is 2. The van der Waals surface area contributed by atoms with Gasteiger partial charge >= 0.3 is 11.9 Å². The second-order valence-corrected chi connectivity index (χ2v) is 13.6. The van der Waals surface area contributed by atoms with E-state index in [2.05, 4.69) is 82.4 Å². The average Bonchev–Trinajstić information content (AvgIpc) is 3.99. The van der Waals surface area contributed by atoms with E-state index in [-0.39, 0.29) is 35.4 Å². The molecular weight excluding hydrogens is 624 g/mol. The number of esters is 2. The predicted octanol–water partition coefficient (Wildman–Crippen LogP) is 9.00. The lowest BCUT2D eigenvalue weighted by molar-refractivity contribution is 0.0477. The summed E-state index contributed by atoms with van der Waals surface area (Å²) in [6.45, 7) is 5.02. The Kier molecular flexibility index (Phi) is 9.35. The first-order chi connectivity index (χ1) is 24.3. The summed E-state index contributed by atoms with van der Waals surface area (Å²) in [4.78, 5) is 42.4. The van der Waals surface area contributed by atoms with Crippen LogP contribution in [-0.2, 0) is 20.3 Å². The summed E-state index contributed by atoms with van der Waals surface area (Å²) in [6, 6.07) is 19.1. The highest BCUT2D eigenvalue weighted by Crippen LogP contribution is 2.40. The maximum Gasteiger partial charge on any atom is 0.356 e. The number of rotatable bonds is 14. The summed E-state index contributed by atoms with van der Waals surface area (Å²) in [5.41, 5.74) is 6.13. The van der Waals surface area contributed by atoms with Gasteiger partial charge in [0, 0.05) is 45.4 Å². The Morgan fingerprint density at radius 3 is 1.48 bits per heavy atom. The van der Waals surface area contributed by atoms with Crippen molar-refractivity contribution >= 4 is 33.7 Å². The van der Waals surface area contributed by atoms with Crippen LogP contribution >= 0.6 is 0 Å². The molecule has 7 rings (SSSR count). The fourth-order valence-electron chi connectivity index (χ4n) is 7.32. The lowest BCUT2D eigenvalue weighted by Gasteiger charge is -2.31. The highest BCUT2D eigenvalue weighted by atomic mass is 16.5. The Morgan fingerprint density at radius 1 is 0.660 bits per heavy atom. The molecule has 2 unspecified atom stereocenters. The van der Waals surface area contributed by atoms with Gasteiger partial charge in [0.1, 0.15) is 11.4 Å². The van der Waals surface area contributed by atoms with E-state index in [1.54, 1.807) is 12.1 Å². The summed E-state index contributed by atoms with van der Waals surface area (Å²) < 4.78 is 11.4. The van der Waals surface area contributed by atoms with E-state index in [9.17, 15) is 9.59 Å². The van der Waals surface area contributed by atoms with Crippen LogP contribution in [0.25, 0.3) is 21.8 Å². The second kappa shape index (κ2) is 14.2. The Labute approximate surface area is 292 Å². The number of benzene rings is 1. The third-order valence-corrected chi connectivity index (χ3v) is 10.4. The first-order valence-corrected chi connectivity index (χ1v) is 17.4. The van der Waals surface area contributed by atoms with Crippen LogP contribution in [0.15, 0.2) is 121 Å². The van der Waals surface area contributed by atoms with Crippen LogP contribution in [0.4, 0.5) is 0 Å². The fourth-order valence-corrected chi connectivity index (χ4v) is 7.32. The van der Waals surface area contributed by atoms with Gasteiger partial charge in [-0.2, -0.15) is 0 Å². The number of fused-ring (bicyclic) bond motifs is 3. The smallest absolute Gasteiger partial charge is 0.356 e. The zero-order valence-electron chi connectivity index (χ0n) is 28.6. The topological polar surface area (TPSA) is 110 Å². The SMILES string of the molecule is CC(CCCOC(=O)c1ccc2ccc3ccc(C(=O)OCCCC(C)(C4=CC=CC4)c4ccc[nH]4)nc3c2n1)(C1=CC=CC1)c1ccc[nH]1. The van der Waals surface area contributed by atoms with E-state index in [0.717, 1.165) is 47.8 Å². The van der Waals surface area contributed by atoms with E-state index in [0.29, 0.717) is 23.9 Å². The van der Waals surface area contributed by atoms with Crippen LogP contribution in [0.3, 0.4) is 0 Å². The lowest BCUT2D eigenvalue weighted by Crippen LogP contribution is -2.25. The Balaban J connectivity index is 0.996. The number of pyridine rings is 2. The molecule has 0 saturated heterocycles. The molecule has 1 aromatic carbocycles. The summed E-state index contributed by atoms with van der Waals surface area (Å²) in [5, 5.41) is 1.62. The molecule has 0 aliphatic heterocycles. The van der Waals surface area contributed by atoms with Gasteiger partial charge in [-0.15, -0.1) is 0 Å². The molecule has 2 aliphatic rings. The molecule has 0 spiro atoms. The minimum atomic E-state index is -0.488. The van der Waals surface area contributed by atoms with Crippen molar-refractivity contribution in [1.82, 2.24) is 19.9 Å². The van der Waals surface area contributed by atoms with Gasteiger partial charge in [0.15, 0.2) is 0 Å². The van der Waals surface area contributed by atoms with E-state index < -0.39 is 11.9 Å². The fraction of sp³-hybridized carbons (Fsp3) is 0.286. The van der Waals surface area contributed by atoms with E-state index in [4.69, 9.17) is 9.47 Å². The molecular formula is C42H42N4O4. The van der Waals surface area contributed by atoms with Gasteiger partial charge in [0.2, 0.25) is 0 Å². The van der Waals surface area contributed by atoms with Crippen molar-refractivity contribution in [1.29, 1.82) is 0 Å². The molecule has 50 heavy (non-hydrogen) atoms. The number of hydrogen-bond acceptors (Lipinski definition) is 6. The van der Waals surface area contributed by atoms with Crippen molar-refractivity contribution in [2.24, 2.45) is 0 Å². The number of aromatic nitrogens is 4. The quantitative estimate of drug-likeness (QED) is 0.0696. The number of nitrogens with one attached hydrogen (secondary N) is 2. The first kappa shape index (κ1) is 33.0. The molecule has 8 nitrogen and oxygen atoms in total. The van der Waals surface area contributed by atoms with Crippen molar-refractivity contribution < 1.29 is 19.1 Å². The molecule has 5 aromatic rings. The summed E-state index contributed by atoms with van der Waals surface area (Å²) in [7, 11) is 0. The van der Waals surface area contributed by atoms with Crippen LogP contribution in [0.2, 0.25) is 0 Å². The lowest BCUT2D eigenvalue weighted by atomic mass is 9.75. The molecule has 2 N–H and O–H groups in total. The van der Waals surface area contributed by atoms with Crippen molar-refractivity contribution in [2.45, 2.75) is 63.2 Å². The second-order valence-electron chi connectivity index (χ2n) is 13.6. The van der Waals surface area contributed by atoms with Gasteiger partial charge in [-0.25, -0.2) is 19.6 Å². The van der Waals surface area contributed by atoms with Crippen LogP contribution in [0.1, 0.15) is 84.7 Å². The Hall–Kier alpha value is -5.50. The van der Waals surface area contributed by atoms with Gasteiger partial charge in [0.05, 0.1) is 24.2 Å². The monoisotopic (exact) mass is 666 g/mol.